The quantitative estimate of drug-likeness (QED) is 0.598. The second kappa shape index (κ2) is 7.29. The minimum absolute atomic E-state index is 0.787. The first kappa shape index (κ1) is 16.2. The monoisotopic (exact) mass is 316 g/mol. The van der Waals surface area contributed by atoms with Crippen LogP contribution in [0.4, 0.5) is 0 Å². The fraction of sp³-hybridized carbons (Fsp3) is 0.136. The van der Waals surface area contributed by atoms with E-state index in [1.807, 2.05) is 60.7 Å². The average molecular weight is 316 g/mol. The zero-order chi connectivity index (χ0) is 16.8. The first-order valence-corrected chi connectivity index (χ1v) is 7.87. The molecule has 1 aliphatic rings. The molecule has 0 spiro atoms. The van der Waals surface area contributed by atoms with Crippen molar-refractivity contribution in [1.29, 1.82) is 0 Å². The molecule has 2 nitrogen and oxygen atoms in total. The van der Waals surface area contributed by atoms with Gasteiger partial charge in [-0.05, 0) is 35.4 Å². The van der Waals surface area contributed by atoms with Crippen LogP contribution in [0.15, 0.2) is 96.3 Å². The van der Waals surface area contributed by atoms with E-state index in [4.69, 9.17) is 9.47 Å². The Morgan fingerprint density at radius 3 is 1.62 bits per heavy atom. The lowest BCUT2D eigenvalue weighted by molar-refractivity contribution is -0.133. The molecule has 2 aromatic rings. The topological polar surface area (TPSA) is 18.5 Å². The van der Waals surface area contributed by atoms with Crippen LogP contribution in [0.5, 0.6) is 0 Å². The van der Waals surface area contributed by atoms with Crippen LogP contribution in [-0.2, 0) is 9.47 Å². The average Bonchev–Trinajstić information content (AvgIpc) is 2.68. The van der Waals surface area contributed by atoms with Crippen molar-refractivity contribution in [1.82, 2.24) is 0 Å². The van der Waals surface area contributed by atoms with Gasteiger partial charge in [0, 0.05) is 25.4 Å². The summed E-state index contributed by atoms with van der Waals surface area (Å²) < 4.78 is 10.8. The third-order valence-electron chi connectivity index (χ3n) is 4.02. The molecule has 0 unspecified atom stereocenters. The smallest absolute Gasteiger partial charge is 0.208 e. The van der Waals surface area contributed by atoms with Crippen LogP contribution in [0.25, 0.3) is 5.57 Å². The maximum Gasteiger partial charge on any atom is 0.208 e. The highest BCUT2D eigenvalue weighted by Gasteiger charge is 2.24. The minimum Gasteiger partial charge on any atom is -0.346 e. The van der Waals surface area contributed by atoms with E-state index in [9.17, 15) is 0 Å². The van der Waals surface area contributed by atoms with Crippen LogP contribution in [0.2, 0.25) is 0 Å². The van der Waals surface area contributed by atoms with Gasteiger partial charge in [-0.3, -0.25) is 0 Å². The van der Waals surface area contributed by atoms with Crippen LogP contribution >= 0.6 is 0 Å². The molecule has 0 atom stereocenters. The van der Waals surface area contributed by atoms with E-state index < -0.39 is 5.79 Å². The van der Waals surface area contributed by atoms with Gasteiger partial charge in [-0.2, -0.15) is 0 Å². The fourth-order valence-corrected chi connectivity index (χ4v) is 2.63. The molecular weight excluding hydrogens is 296 g/mol. The van der Waals surface area contributed by atoms with Crippen molar-refractivity contribution >= 4 is 5.57 Å². The first-order chi connectivity index (χ1) is 11.8. The van der Waals surface area contributed by atoms with Crippen LogP contribution in [-0.4, -0.2) is 20.0 Å². The second-order valence-corrected chi connectivity index (χ2v) is 5.48. The summed E-state index contributed by atoms with van der Waals surface area (Å²) in [6, 6.07) is 20.6. The minimum atomic E-state index is -0.787. The third-order valence-corrected chi connectivity index (χ3v) is 4.02. The molecule has 24 heavy (non-hydrogen) atoms. The van der Waals surface area contributed by atoms with Crippen LogP contribution in [0.1, 0.15) is 11.1 Å². The highest BCUT2D eigenvalue weighted by Crippen LogP contribution is 2.26. The number of hydrogen-bond donors (Lipinski definition) is 0. The van der Waals surface area contributed by atoms with Crippen LogP contribution < -0.4 is 0 Å². The highest BCUT2D eigenvalue weighted by molar-refractivity contribution is 5.80. The second-order valence-electron chi connectivity index (χ2n) is 5.48. The zero-order valence-corrected chi connectivity index (χ0v) is 13.9. The van der Waals surface area contributed by atoms with Gasteiger partial charge < -0.3 is 9.47 Å². The number of rotatable bonds is 4. The van der Waals surface area contributed by atoms with Gasteiger partial charge in [0.2, 0.25) is 5.79 Å². The van der Waals surface area contributed by atoms with Crippen LogP contribution in [0.3, 0.4) is 0 Å². The van der Waals surface area contributed by atoms with Crippen molar-refractivity contribution < 1.29 is 9.47 Å². The summed E-state index contributed by atoms with van der Waals surface area (Å²) in [6.07, 6.45) is 7.73. The van der Waals surface area contributed by atoms with Crippen molar-refractivity contribution in [2.45, 2.75) is 5.79 Å². The molecule has 3 rings (SSSR count). The summed E-state index contributed by atoms with van der Waals surface area (Å²) in [6.45, 7) is 0. The van der Waals surface area contributed by atoms with E-state index in [0.29, 0.717) is 0 Å². The van der Waals surface area contributed by atoms with Crippen LogP contribution in [0, 0.1) is 0 Å². The third kappa shape index (κ3) is 3.47. The van der Waals surface area contributed by atoms with Crippen molar-refractivity contribution in [3.8, 4) is 0 Å². The van der Waals surface area contributed by atoms with E-state index in [-0.39, 0.29) is 0 Å². The summed E-state index contributed by atoms with van der Waals surface area (Å²) in [5.74, 6) is -0.787. The summed E-state index contributed by atoms with van der Waals surface area (Å²) >= 11 is 0. The van der Waals surface area contributed by atoms with Crippen molar-refractivity contribution in [3.63, 3.8) is 0 Å². The molecule has 0 saturated carbocycles. The fourth-order valence-electron chi connectivity index (χ4n) is 2.63. The van der Waals surface area contributed by atoms with Gasteiger partial charge in [-0.1, -0.05) is 60.7 Å². The molecule has 0 amide bonds. The Labute approximate surface area is 143 Å². The van der Waals surface area contributed by atoms with E-state index in [2.05, 4.69) is 30.0 Å². The largest absolute Gasteiger partial charge is 0.346 e. The standard InChI is InChI=1S/C22H20O2/c1-23-22(24-2)15-13-18(14-16-22)17-21(19-9-5-3-6-10-19)20-11-7-4-8-12-20/h3-16H,1-2H3. The van der Waals surface area contributed by atoms with Crippen molar-refractivity contribution in [2.24, 2.45) is 0 Å². The molecule has 0 aromatic heterocycles. The zero-order valence-electron chi connectivity index (χ0n) is 13.9. The lowest BCUT2D eigenvalue weighted by atomic mass is 9.96. The number of hydrogen-bond acceptors (Lipinski definition) is 2. The number of allylic oxidation sites excluding steroid dienone is 3. The number of ether oxygens (including phenoxy) is 2. The highest BCUT2D eigenvalue weighted by atomic mass is 16.7. The summed E-state index contributed by atoms with van der Waals surface area (Å²) in [5, 5.41) is 0. The van der Waals surface area contributed by atoms with E-state index >= 15 is 0 Å². The number of benzene rings is 2. The Morgan fingerprint density at radius 1 is 0.750 bits per heavy atom. The maximum absolute atomic E-state index is 5.41. The normalized spacial score (nSPS) is 15.2. The first-order valence-electron chi connectivity index (χ1n) is 7.87. The van der Waals surface area contributed by atoms with Gasteiger partial charge in [0.05, 0.1) is 0 Å². The van der Waals surface area contributed by atoms with Crippen molar-refractivity contribution in [3.05, 3.63) is 107 Å². The lowest BCUT2D eigenvalue weighted by Crippen LogP contribution is -2.29. The van der Waals surface area contributed by atoms with Gasteiger partial charge in [0.25, 0.3) is 0 Å². The van der Waals surface area contributed by atoms with Gasteiger partial charge in [-0.15, -0.1) is 5.73 Å². The summed E-state index contributed by atoms with van der Waals surface area (Å²) in [4.78, 5) is 0. The Kier molecular flexibility index (Phi) is 4.93. The molecule has 1 aliphatic carbocycles. The lowest BCUT2D eigenvalue weighted by Gasteiger charge is -2.25. The predicted molar refractivity (Wildman–Crippen MR) is 97.4 cm³/mol. The van der Waals surface area contributed by atoms with Gasteiger partial charge in [0.15, 0.2) is 0 Å². The van der Waals surface area contributed by atoms with E-state index in [0.717, 1.165) is 22.3 Å². The molecule has 120 valence electrons. The van der Waals surface area contributed by atoms with E-state index in [1.54, 1.807) is 14.2 Å². The molecule has 0 aliphatic heterocycles. The molecule has 0 N–H and O–H groups in total. The molecule has 0 bridgehead atoms. The van der Waals surface area contributed by atoms with Gasteiger partial charge in [0.1, 0.15) is 0 Å². The molecule has 0 saturated heterocycles. The molecular formula is C22H20O2. The molecule has 0 radical (unpaired) electrons. The molecule has 2 aromatic carbocycles. The Hall–Kier alpha value is -2.64. The molecule has 0 fully saturated rings. The Morgan fingerprint density at radius 2 is 1.21 bits per heavy atom. The number of methoxy groups -OCH3 is 2. The summed E-state index contributed by atoms with van der Waals surface area (Å²) in [5.41, 5.74) is 7.82. The summed E-state index contributed by atoms with van der Waals surface area (Å²) in [7, 11) is 3.25. The maximum atomic E-state index is 5.41. The predicted octanol–water partition coefficient (Wildman–Crippen LogP) is 4.76. The molecule has 2 heteroatoms. The van der Waals surface area contributed by atoms with Gasteiger partial charge in [-0.25, -0.2) is 0 Å². The van der Waals surface area contributed by atoms with E-state index in [1.165, 1.54) is 0 Å². The van der Waals surface area contributed by atoms with Gasteiger partial charge >= 0.3 is 0 Å². The molecule has 0 heterocycles. The van der Waals surface area contributed by atoms with Crippen molar-refractivity contribution in [2.75, 3.05) is 14.2 Å². The Bertz CT molecular complexity index is 744. The SMILES string of the molecule is COC1(OC)C=CC(=C=C(c2ccccc2)c2ccccc2)C=C1. The Balaban J connectivity index is 2.11.